The zero-order valence-corrected chi connectivity index (χ0v) is 17.3. The van der Waals surface area contributed by atoms with E-state index >= 15 is 0 Å². The molecular weight excluding hydrogens is 514 g/mol. The summed E-state index contributed by atoms with van der Waals surface area (Å²) in [5, 5.41) is 18.8. The van der Waals surface area contributed by atoms with E-state index in [2.05, 4.69) is 45.2 Å². The van der Waals surface area contributed by atoms with Crippen LogP contribution in [0.15, 0.2) is 48.5 Å². The van der Waals surface area contributed by atoms with Crippen LogP contribution in [-0.4, -0.2) is 19.1 Å². The number of phenolic OH excluding ortho intramolecular Hbond substituents is 2. The third-order valence-corrected chi connectivity index (χ3v) is 6.52. The van der Waals surface area contributed by atoms with E-state index in [1.54, 1.807) is 24.3 Å². The number of hydrogen-bond donors (Lipinski definition) is 2. The van der Waals surface area contributed by atoms with Crippen molar-refractivity contribution in [2.75, 3.05) is 8.86 Å². The van der Waals surface area contributed by atoms with E-state index < -0.39 is 0 Å². The topological polar surface area (TPSA) is 40.5 Å². The molecule has 2 unspecified atom stereocenters. The first-order valence-corrected chi connectivity index (χ1v) is 10.8. The summed E-state index contributed by atoms with van der Waals surface area (Å²) in [5.41, 5.74) is 2.59. The van der Waals surface area contributed by atoms with Crippen molar-refractivity contribution in [3.8, 4) is 11.5 Å². The lowest BCUT2D eigenvalue weighted by atomic mass is 9.88. The number of benzene rings is 2. The highest BCUT2D eigenvalue weighted by Crippen LogP contribution is 2.25. The van der Waals surface area contributed by atoms with Crippen LogP contribution in [0.1, 0.15) is 17.5 Å². The molecule has 0 bridgehead atoms. The van der Waals surface area contributed by atoms with Crippen LogP contribution in [-0.2, 0) is 12.8 Å². The molecular formula is C19H22I2O2. The molecule has 0 heterocycles. The van der Waals surface area contributed by atoms with Gasteiger partial charge in [-0.2, -0.15) is 0 Å². The van der Waals surface area contributed by atoms with E-state index in [1.807, 2.05) is 24.3 Å². The van der Waals surface area contributed by atoms with E-state index in [0.29, 0.717) is 23.3 Å². The second kappa shape index (κ2) is 9.71. The van der Waals surface area contributed by atoms with Gasteiger partial charge in [0.25, 0.3) is 0 Å². The van der Waals surface area contributed by atoms with Crippen molar-refractivity contribution < 1.29 is 10.2 Å². The first-order chi connectivity index (χ1) is 11.1. The molecule has 2 nitrogen and oxygen atoms in total. The molecule has 2 atom stereocenters. The normalized spacial score (nSPS) is 13.7. The Morgan fingerprint density at radius 2 is 1.00 bits per heavy atom. The van der Waals surface area contributed by atoms with Crippen molar-refractivity contribution in [3.63, 3.8) is 0 Å². The SMILES string of the molecule is Oc1ccc(CC(CI)CC(CI)Cc2ccc(O)cc2)cc1. The average Bonchev–Trinajstić information content (AvgIpc) is 2.57. The zero-order valence-electron chi connectivity index (χ0n) is 13.0. The van der Waals surface area contributed by atoms with Gasteiger partial charge in [-0.3, -0.25) is 0 Å². The van der Waals surface area contributed by atoms with Crippen LogP contribution in [0.4, 0.5) is 0 Å². The zero-order chi connectivity index (χ0) is 16.7. The Labute approximate surface area is 165 Å². The van der Waals surface area contributed by atoms with Gasteiger partial charge >= 0.3 is 0 Å². The van der Waals surface area contributed by atoms with Gasteiger partial charge in [0.05, 0.1) is 0 Å². The van der Waals surface area contributed by atoms with Crippen molar-refractivity contribution in [1.82, 2.24) is 0 Å². The van der Waals surface area contributed by atoms with Crippen LogP contribution in [0.3, 0.4) is 0 Å². The van der Waals surface area contributed by atoms with Gasteiger partial charge < -0.3 is 10.2 Å². The van der Waals surface area contributed by atoms with Crippen molar-refractivity contribution in [3.05, 3.63) is 59.7 Å². The average molecular weight is 536 g/mol. The fourth-order valence-electron chi connectivity index (χ4n) is 2.80. The molecule has 0 fully saturated rings. The second-order valence-electron chi connectivity index (χ2n) is 6.02. The molecule has 124 valence electrons. The molecule has 0 saturated heterocycles. The number of alkyl halides is 2. The number of aromatic hydroxyl groups is 2. The summed E-state index contributed by atoms with van der Waals surface area (Å²) in [5.74, 6) is 1.96. The molecule has 2 rings (SSSR count). The minimum atomic E-state index is 0.331. The summed E-state index contributed by atoms with van der Waals surface area (Å²) < 4.78 is 2.28. The smallest absolute Gasteiger partial charge is 0.115 e. The summed E-state index contributed by atoms with van der Waals surface area (Å²) >= 11 is 4.97. The van der Waals surface area contributed by atoms with E-state index in [-0.39, 0.29) is 0 Å². The molecule has 0 aliphatic carbocycles. The molecule has 2 aromatic rings. The predicted octanol–water partition coefficient (Wildman–Crippen LogP) is 5.38. The summed E-state index contributed by atoms with van der Waals surface area (Å²) in [6, 6.07) is 15.2. The van der Waals surface area contributed by atoms with E-state index in [4.69, 9.17) is 0 Å². The van der Waals surface area contributed by atoms with Crippen LogP contribution in [0.2, 0.25) is 0 Å². The number of phenols is 2. The third kappa shape index (κ3) is 6.49. The quantitative estimate of drug-likeness (QED) is 0.352. The molecule has 23 heavy (non-hydrogen) atoms. The number of hydrogen-bond acceptors (Lipinski definition) is 2. The number of rotatable bonds is 8. The van der Waals surface area contributed by atoms with Crippen molar-refractivity contribution in [2.45, 2.75) is 19.3 Å². The van der Waals surface area contributed by atoms with Crippen LogP contribution in [0.25, 0.3) is 0 Å². The Morgan fingerprint density at radius 1 is 0.652 bits per heavy atom. The monoisotopic (exact) mass is 536 g/mol. The molecule has 0 aromatic heterocycles. The molecule has 4 heteroatoms. The Morgan fingerprint density at radius 3 is 1.30 bits per heavy atom. The van der Waals surface area contributed by atoms with Crippen molar-refractivity contribution >= 4 is 45.2 Å². The van der Waals surface area contributed by atoms with Crippen molar-refractivity contribution in [1.29, 1.82) is 0 Å². The van der Waals surface area contributed by atoms with Crippen LogP contribution in [0, 0.1) is 11.8 Å². The van der Waals surface area contributed by atoms with Crippen LogP contribution < -0.4 is 0 Å². The molecule has 2 N–H and O–H groups in total. The van der Waals surface area contributed by atoms with E-state index in [1.165, 1.54) is 17.5 Å². The summed E-state index contributed by atoms with van der Waals surface area (Å²) in [6.07, 6.45) is 3.32. The van der Waals surface area contributed by atoms with Gasteiger partial charge in [-0.15, -0.1) is 0 Å². The Kier molecular flexibility index (Phi) is 7.95. The standard InChI is InChI=1S/C19H22I2O2/c20-12-16(9-14-1-5-18(22)6-2-14)11-17(13-21)10-15-3-7-19(23)8-4-15/h1-8,16-17,22-23H,9-13H2. The van der Waals surface area contributed by atoms with Gasteiger partial charge in [0, 0.05) is 8.86 Å². The molecule has 0 aliphatic rings. The molecule has 0 amide bonds. The Bertz CT molecular complexity index is 528. The summed E-state index contributed by atoms with van der Waals surface area (Å²) in [4.78, 5) is 0. The first kappa shape index (κ1) is 18.8. The summed E-state index contributed by atoms with van der Waals surface area (Å²) in [6.45, 7) is 0. The number of halogens is 2. The minimum Gasteiger partial charge on any atom is -0.508 e. The largest absolute Gasteiger partial charge is 0.508 e. The maximum Gasteiger partial charge on any atom is 0.115 e. The lowest BCUT2D eigenvalue weighted by Crippen LogP contribution is -2.16. The molecule has 2 aromatic carbocycles. The van der Waals surface area contributed by atoms with Gasteiger partial charge in [-0.05, 0) is 66.5 Å². The van der Waals surface area contributed by atoms with Gasteiger partial charge in [-0.25, -0.2) is 0 Å². The van der Waals surface area contributed by atoms with Crippen molar-refractivity contribution in [2.24, 2.45) is 11.8 Å². The fourth-order valence-corrected chi connectivity index (χ4v) is 4.15. The van der Waals surface area contributed by atoms with Gasteiger partial charge in [0.1, 0.15) is 11.5 Å². The Hall–Kier alpha value is -0.500. The lowest BCUT2D eigenvalue weighted by molar-refractivity contribution is 0.428. The first-order valence-electron chi connectivity index (χ1n) is 7.78. The predicted molar refractivity (Wildman–Crippen MR) is 113 cm³/mol. The lowest BCUT2D eigenvalue weighted by Gasteiger charge is -2.21. The molecule has 0 spiro atoms. The maximum atomic E-state index is 9.39. The van der Waals surface area contributed by atoms with Gasteiger partial charge in [0.2, 0.25) is 0 Å². The highest BCUT2D eigenvalue weighted by Gasteiger charge is 2.16. The van der Waals surface area contributed by atoms with E-state index in [9.17, 15) is 10.2 Å². The van der Waals surface area contributed by atoms with Gasteiger partial charge in [0.15, 0.2) is 0 Å². The minimum absolute atomic E-state index is 0.331. The van der Waals surface area contributed by atoms with Gasteiger partial charge in [-0.1, -0.05) is 69.4 Å². The fraction of sp³-hybridized carbons (Fsp3) is 0.368. The molecule has 0 radical (unpaired) electrons. The highest BCUT2D eigenvalue weighted by atomic mass is 127. The van der Waals surface area contributed by atoms with Crippen LogP contribution in [0.5, 0.6) is 11.5 Å². The molecule has 0 aliphatic heterocycles. The maximum absolute atomic E-state index is 9.39. The summed E-state index contributed by atoms with van der Waals surface area (Å²) in [7, 11) is 0. The third-order valence-electron chi connectivity index (χ3n) is 4.02. The van der Waals surface area contributed by atoms with Crippen LogP contribution >= 0.6 is 45.2 Å². The Balaban J connectivity index is 1.94. The highest BCUT2D eigenvalue weighted by molar-refractivity contribution is 14.1. The molecule has 0 saturated carbocycles. The van der Waals surface area contributed by atoms with E-state index in [0.717, 1.165) is 21.7 Å². The second-order valence-corrected chi connectivity index (χ2v) is 7.78.